The minimum Gasteiger partial charge on any atom is -0.377 e. The lowest BCUT2D eigenvalue weighted by Gasteiger charge is -2.43. The van der Waals surface area contributed by atoms with E-state index in [1.165, 1.54) is 25.1 Å². The fourth-order valence-corrected chi connectivity index (χ4v) is 3.66. The van der Waals surface area contributed by atoms with Gasteiger partial charge in [-0.05, 0) is 18.8 Å². The average Bonchev–Trinajstić information content (AvgIpc) is 3.22. The molecule has 3 heterocycles. The molecule has 22 heavy (non-hydrogen) atoms. The summed E-state index contributed by atoms with van der Waals surface area (Å²) >= 11 is 0. The third-order valence-electron chi connectivity index (χ3n) is 4.92. The highest BCUT2D eigenvalue weighted by atomic mass is 16.5. The van der Waals surface area contributed by atoms with Crippen molar-refractivity contribution in [3.63, 3.8) is 0 Å². The fourth-order valence-electron chi connectivity index (χ4n) is 3.66. The first kappa shape index (κ1) is 14.6. The number of hydrogen-bond acceptors (Lipinski definition) is 5. The molecule has 1 aromatic rings. The van der Waals surface area contributed by atoms with Gasteiger partial charge in [0.25, 0.3) is 0 Å². The van der Waals surface area contributed by atoms with Crippen LogP contribution in [0.1, 0.15) is 18.5 Å². The number of ether oxygens (including phenoxy) is 2. The molecule has 122 valence electrons. The van der Waals surface area contributed by atoms with E-state index in [0.29, 0.717) is 6.61 Å². The molecule has 2 aliphatic heterocycles. The predicted octanol–water partition coefficient (Wildman–Crippen LogP) is 0.723. The quantitative estimate of drug-likeness (QED) is 0.888. The first-order valence-corrected chi connectivity index (χ1v) is 8.45. The summed E-state index contributed by atoms with van der Waals surface area (Å²) < 4.78 is 12.1. The highest BCUT2D eigenvalue weighted by Crippen LogP contribution is 2.31. The summed E-state index contributed by atoms with van der Waals surface area (Å²) in [4.78, 5) is 12.3. The number of imidazole rings is 1. The zero-order valence-corrected chi connectivity index (χ0v) is 13.2. The number of rotatable bonds is 4. The number of H-pyrrole nitrogens is 1. The van der Waals surface area contributed by atoms with Crippen molar-refractivity contribution in [1.29, 1.82) is 0 Å². The maximum absolute atomic E-state index is 6.23. The molecule has 3 aliphatic rings. The molecule has 4 rings (SSSR count). The van der Waals surface area contributed by atoms with Crippen LogP contribution in [0.15, 0.2) is 12.5 Å². The Morgan fingerprint density at radius 1 is 1.23 bits per heavy atom. The largest absolute Gasteiger partial charge is 0.377 e. The highest BCUT2D eigenvalue weighted by molar-refractivity contribution is 4.98. The van der Waals surface area contributed by atoms with Crippen LogP contribution < -0.4 is 0 Å². The average molecular weight is 306 g/mol. The minimum absolute atomic E-state index is 0.163. The van der Waals surface area contributed by atoms with E-state index in [1.54, 1.807) is 6.33 Å². The number of aromatic nitrogens is 2. The molecular weight excluding hydrogens is 280 g/mol. The Bertz CT molecular complexity index is 477. The summed E-state index contributed by atoms with van der Waals surface area (Å²) in [5.41, 5.74) is 1.00. The summed E-state index contributed by atoms with van der Waals surface area (Å²) in [5.74, 6) is 0.917. The van der Waals surface area contributed by atoms with E-state index in [2.05, 4.69) is 19.8 Å². The van der Waals surface area contributed by atoms with Crippen molar-refractivity contribution in [2.24, 2.45) is 5.92 Å². The zero-order valence-electron chi connectivity index (χ0n) is 13.2. The second-order valence-corrected chi connectivity index (χ2v) is 7.05. The van der Waals surface area contributed by atoms with Gasteiger partial charge in [-0.2, -0.15) is 0 Å². The van der Waals surface area contributed by atoms with E-state index in [-0.39, 0.29) is 5.60 Å². The van der Waals surface area contributed by atoms with E-state index >= 15 is 0 Å². The third kappa shape index (κ3) is 3.51. The van der Waals surface area contributed by atoms with Gasteiger partial charge in [-0.3, -0.25) is 9.80 Å². The van der Waals surface area contributed by atoms with Crippen molar-refractivity contribution in [3.05, 3.63) is 18.2 Å². The number of aromatic amines is 1. The van der Waals surface area contributed by atoms with Gasteiger partial charge in [-0.25, -0.2) is 4.98 Å². The molecule has 0 bridgehead atoms. The van der Waals surface area contributed by atoms with Crippen molar-refractivity contribution in [1.82, 2.24) is 19.8 Å². The van der Waals surface area contributed by atoms with Gasteiger partial charge in [0, 0.05) is 51.2 Å². The maximum Gasteiger partial charge on any atom is 0.117 e. The first-order chi connectivity index (χ1) is 10.8. The highest BCUT2D eigenvalue weighted by Gasteiger charge is 2.41. The van der Waals surface area contributed by atoms with Crippen LogP contribution in [0.25, 0.3) is 0 Å². The Balaban J connectivity index is 1.41. The van der Waals surface area contributed by atoms with Gasteiger partial charge in [0.2, 0.25) is 0 Å². The van der Waals surface area contributed by atoms with E-state index in [0.717, 1.165) is 51.9 Å². The molecule has 0 amide bonds. The predicted molar refractivity (Wildman–Crippen MR) is 82.5 cm³/mol. The van der Waals surface area contributed by atoms with Gasteiger partial charge < -0.3 is 14.5 Å². The standard InChI is InChI=1S/C16H26N4O2/c1-2-14(1)8-19-3-5-21-12-16(10-19)11-20(4-6-22-16)9-15-7-17-13-18-15/h7,13-14H,1-6,8-12H2,(H,17,18). The molecule has 1 atom stereocenters. The topological polar surface area (TPSA) is 53.6 Å². The van der Waals surface area contributed by atoms with Crippen LogP contribution in [0, 0.1) is 5.92 Å². The Labute approximate surface area is 131 Å². The van der Waals surface area contributed by atoms with Gasteiger partial charge in [0.1, 0.15) is 5.60 Å². The molecule has 6 nitrogen and oxygen atoms in total. The monoisotopic (exact) mass is 306 g/mol. The van der Waals surface area contributed by atoms with Gasteiger partial charge in [-0.1, -0.05) is 0 Å². The van der Waals surface area contributed by atoms with Gasteiger partial charge in [0.05, 0.1) is 26.1 Å². The summed E-state index contributed by atoms with van der Waals surface area (Å²) in [5, 5.41) is 0. The number of morpholine rings is 1. The Morgan fingerprint density at radius 3 is 2.91 bits per heavy atom. The molecular formula is C16H26N4O2. The molecule has 1 saturated carbocycles. The lowest BCUT2D eigenvalue weighted by atomic mass is 10.0. The summed E-state index contributed by atoms with van der Waals surface area (Å²) in [6.07, 6.45) is 6.46. The van der Waals surface area contributed by atoms with Crippen LogP contribution in [-0.2, 0) is 16.0 Å². The van der Waals surface area contributed by atoms with E-state index in [4.69, 9.17) is 9.47 Å². The fraction of sp³-hybridized carbons (Fsp3) is 0.812. The molecule has 2 saturated heterocycles. The van der Waals surface area contributed by atoms with Crippen molar-refractivity contribution in [3.8, 4) is 0 Å². The number of nitrogens with zero attached hydrogens (tertiary/aromatic N) is 3. The summed E-state index contributed by atoms with van der Waals surface area (Å²) in [6, 6.07) is 0. The van der Waals surface area contributed by atoms with E-state index in [9.17, 15) is 0 Å². The van der Waals surface area contributed by atoms with Crippen LogP contribution in [0.2, 0.25) is 0 Å². The zero-order chi connectivity index (χ0) is 14.8. The molecule has 0 radical (unpaired) electrons. The molecule has 6 heteroatoms. The van der Waals surface area contributed by atoms with Crippen LogP contribution in [0.5, 0.6) is 0 Å². The van der Waals surface area contributed by atoms with Crippen LogP contribution in [0.4, 0.5) is 0 Å². The van der Waals surface area contributed by atoms with Crippen molar-refractivity contribution in [2.75, 3.05) is 52.5 Å². The number of hydrogen-bond donors (Lipinski definition) is 1. The molecule has 1 unspecified atom stereocenters. The molecule has 1 aliphatic carbocycles. The molecule has 1 spiro atoms. The molecule has 1 N–H and O–H groups in total. The minimum atomic E-state index is -0.163. The van der Waals surface area contributed by atoms with Gasteiger partial charge in [-0.15, -0.1) is 0 Å². The van der Waals surface area contributed by atoms with Gasteiger partial charge >= 0.3 is 0 Å². The lowest BCUT2D eigenvalue weighted by Crippen LogP contribution is -2.58. The lowest BCUT2D eigenvalue weighted by molar-refractivity contribution is -0.143. The van der Waals surface area contributed by atoms with Gasteiger partial charge in [0.15, 0.2) is 0 Å². The Kier molecular flexibility index (Phi) is 4.17. The summed E-state index contributed by atoms with van der Waals surface area (Å²) in [6.45, 7) is 8.42. The van der Waals surface area contributed by atoms with Crippen molar-refractivity contribution >= 4 is 0 Å². The normalized spacial score (nSPS) is 31.5. The Hall–Kier alpha value is -0.950. The molecule has 3 fully saturated rings. The van der Waals surface area contributed by atoms with E-state index in [1.807, 2.05) is 6.20 Å². The first-order valence-electron chi connectivity index (χ1n) is 8.45. The second-order valence-electron chi connectivity index (χ2n) is 7.05. The SMILES string of the molecule is c1ncc(CN2CCOC3(COCCN(CC4CC4)C3)C2)[nH]1. The maximum atomic E-state index is 6.23. The number of nitrogens with one attached hydrogen (secondary N) is 1. The Morgan fingerprint density at radius 2 is 2.09 bits per heavy atom. The second kappa shape index (κ2) is 6.28. The third-order valence-corrected chi connectivity index (χ3v) is 4.92. The summed E-state index contributed by atoms with van der Waals surface area (Å²) in [7, 11) is 0. The van der Waals surface area contributed by atoms with Crippen molar-refractivity contribution < 1.29 is 9.47 Å². The van der Waals surface area contributed by atoms with Crippen LogP contribution >= 0.6 is 0 Å². The molecule has 0 aromatic carbocycles. The van der Waals surface area contributed by atoms with Crippen LogP contribution in [0.3, 0.4) is 0 Å². The molecule has 1 aromatic heterocycles. The smallest absolute Gasteiger partial charge is 0.117 e. The van der Waals surface area contributed by atoms with E-state index < -0.39 is 0 Å². The van der Waals surface area contributed by atoms with Crippen LogP contribution in [-0.4, -0.2) is 77.9 Å². The van der Waals surface area contributed by atoms with Crippen molar-refractivity contribution in [2.45, 2.75) is 25.0 Å².